The van der Waals surface area contributed by atoms with Crippen LogP contribution in [0.2, 0.25) is 0 Å². The Morgan fingerprint density at radius 2 is 1.84 bits per heavy atom. The summed E-state index contributed by atoms with van der Waals surface area (Å²) in [5.74, 6) is 2.18. The van der Waals surface area contributed by atoms with Crippen LogP contribution in [-0.2, 0) is 17.8 Å². The number of benzene rings is 2. The van der Waals surface area contributed by atoms with Crippen LogP contribution in [-0.4, -0.2) is 53.3 Å². The number of aromatic amines is 1. The fourth-order valence-electron chi connectivity index (χ4n) is 4.53. The lowest BCUT2D eigenvalue weighted by atomic mass is 9.81. The summed E-state index contributed by atoms with van der Waals surface area (Å²) < 4.78 is 10.5. The number of fused-ring (bicyclic) bond motifs is 1. The molecule has 7 nitrogen and oxygen atoms in total. The van der Waals surface area contributed by atoms with E-state index in [1.54, 1.807) is 14.2 Å². The second kappa shape index (κ2) is 10.7. The van der Waals surface area contributed by atoms with Gasteiger partial charge in [-0.3, -0.25) is 9.69 Å². The van der Waals surface area contributed by atoms with Crippen LogP contribution in [0.5, 0.6) is 11.5 Å². The fourth-order valence-corrected chi connectivity index (χ4v) is 4.53. The third-order valence-electron chi connectivity index (χ3n) is 6.17. The van der Waals surface area contributed by atoms with Gasteiger partial charge in [-0.25, -0.2) is 4.98 Å². The van der Waals surface area contributed by atoms with Crippen LogP contribution in [0.4, 0.5) is 0 Å². The molecule has 0 aliphatic carbocycles. The quantitative estimate of drug-likeness (QED) is 0.526. The number of hydrogen-bond donors (Lipinski definition) is 2. The second-order valence-corrected chi connectivity index (χ2v) is 8.26. The van der Waals surface area contributed by atoms with Gasteiger partial charge in [-0.2, -0.15) is 0 Å². The molecule has 1 saturated heterocycles. The van der Waals surface area contributed by atoms with Crippen LogP contribution in [0, 0.1) is 11.8 Å². The van der Waals surface area contributed by atoms with Crippen LogP contribution in [0.15, 0.2) is 42.5 Å². The van der Waals surface area contributed by atoms with Gasteiger partial charge in [-0.05, 0) is 54.6 Å². The summed E-state index contributed by atoms with van der Waals surface area (Å²) in [5, 5.41) is 9.41. The summed E-state index contributed by atoms with van der Waals surface area (Å²) in [6, 6.07) is 13.9. The molecule has 32 heavy (non-hydrogen) atoms. The Hall–Kier alpha value is -2.77. The van der Waals surface area contributed by atoms with Crippen molar-refractivity contribution in [1.29, 1.82) is 0 Å². The maximum absolute atomic E-state index is 11.4. The van der Waals surface area contributed by atoms with Crippen molar-refractivity contribution in [2.24, 2.45) is 11.8 Å². The number of hydrogen-bond acceptors (Lipinski definition) is 5. The number of H-pyrrole nitrogens is 1. The molecule has 0 unspecified atom stereocenters. The van der Waals surface area contributed by atoms with Crippen molar-refractivity contribution in [2.45, 2.75) is 25.8 Å². The number of ether oxygens (including phenoxy) is 2. The van der Waals surface area contributed by atoms with Crippen molar-refractivity contribution in [3.8, 4) is 11.5 Å². The number of imidazole rings is 1. The van der Waals surface area contributed by atoms with E-state index in [0.717, 1.165) is 60.8 Å². The molecule has 1 aromatic heterocycles. The molecule has 2 aromatic carbocycles. The van der Waals surface area contributed by atoms with Gasteiger partial charge in [-0.15, -0.1) is 12.4 Å². The van der Waals surface area contributed by atoms with Gasteiger partial charge in [0.2, 0.25) is 0 Å². The molecule has 1 aliphatic rings. The van der Waals surface area contributed by atoms with Gasteiger partial charge in [0.15, 0.2) is 0 Å². The number of aromatic nitrogens is 2. The van der Waals surface area contributed by atoms with Gasteiger partial charge in [0.1, 0.15) is 17.3 Å². The highest BCUT2D eigenvalue weighted by Gasteiger charge is 2.31. The topological polar surface area (TPSA) is 87.7 Å². The highest BCUT2D eigenvalue weighted by atomic mass is 35.5. The number of carboxylic acids is 1. The Morgan fingerprint density at radius 3 is 2.53 bits per heavy atom. The average molecular weight is 460 g/mol. The Bertz CT molecular complexity index is 1040. The SMILES string of the molecule is COc1ccc(CN2CC[C@@H](CC(=O)O)[C@@H](Cc3nc4ccc(OC)cc4[nH]3)C2)cc1.Cl. The van der Waals surface area contributed by atoms with Crippen molar-refractivity contribution >= 4 is 29.4 Å². The highest BCUT2D eigenvalue weighted by Crippen LogP contribution is 2.31. The minimum atomic E-state index is -0.729. The molecule has 0 radical (unpaired) electrons. The molecule has 0 bridgehead atoms. The van der Waals surface area contributed by atoms with Crippen molar-refractivity contribution in [2.75, 3.05) is 27.3 Å². The van der Waals surface area contributed by atoms with E-state index in [1.807, 2.05) is 30.3 Å². The molecular formula is C24H30ClN3O4. The highest BCUT2D eigenvalue weighted by molar-refractivity contribution is 5.85. The number of aliphatic carboxylic acids is 1. The first kappa shape index (κ1) is 23.9. The standard InChI is InChI=1S/C24H29N3O4.ClH/c1-30-19-5-3-16(4-6-19)14-27-10-9-17(12-24(28)29)18(15-27)11-23-25-21-8-7-20(31-2)13-22(21)26-23;/h3-8,13,17-18H,9-12,14-15H2,1-2H3,(H,25,26)(H,28,29);1H/t17-,18-;/m0./s1. The summed E-state index contributed by atoms with van der Waals surface area (Å²) in [6.45, 7) is 2.60. The number of methoxy groups -OCH3 is 2. The number of halogens is 1. The number of carboxylic acid groups (broad SMARTS) is 1. The fraction of sp³-hybridized carbons (Fsp3) is 0.417. The first-order valence-corrected chi connectivity index (χ1v) is 10.6. The summed E-state index contributed by atoms with van der Waals surface area (Å²) in [4.78, 5) is 22.0. The van der Waals surface area contributed by atoms with Gasteiger partial charge in [0, 0.05) is 32.0 Å². The van der Waals surface area contributed by atoms with E-state index in [9.17, 15) is 9.90 Å². The lowest BCUT2D eigenvalue weighted by Crippen LogP contribution is -2.41. The zero-order valence-corrected chi connectivity index (χ0v) is 19.2. The van der Waals surface area contributed by atoms with Crippen LogP contribution in [0.1, 0.15) is 24.2 Å². The molecular weight excluding hydrogens is 430 g/mol. The van der Waals surface area contributed by atoms with E-state index in [2.05, 4.69) is 22.0 Å². The molecule has 3 aromatic rings. The molecule has 4 rings (SSSR count). The monoisotopic (exact) mass is 459 g/mol. The maximum Gasteiger partial charge on any atom is 0.303 e. The lowest BCUT2D eigenvalue weighted by molar-refractivity contribution is -0.139. The first-order chi connectivity index (χ1) is 15.0. The predicted molar refractivity (Wildman–Crippen MR) is 126 cm³/mol. The Balaban J connectivity index is 0.00000289. The molecule has 1 fully saturated rings. The smallest absolute Gasteiger partial charge is 0.303 e. The lowest BCUT2D eigenvalue weighted by Gasteiger charge is -2.38. The van der Waals surface area contributed by atoms with Gasteiger partial charge in [0.25, 0.3) is 0 Å². The molecule has 2 heterocycles. The summed E-state index contributed by atoms with van der Waals surface area (Å²) in [6.07, 6.45) is 1.81. The molecule has 2 N–H and O–H groups in total. The number of nitrogens with zero attached hydrogens (tertiary/aromatic N) is 2. The number of piperidine rings is 1. The second-order valence-electron chi connectivity index (χ2n) is 8.26. The molecule has 0 amide bonds. The number of nitrogens with one attached hydrogen (secondary N) is 1. The van der Waals surface area contributed by atoms with Gasteiger partial charge in [0.05, 0.1) is 25.3 Å². The normalized spacial score (nSPS) is 18.8. The van der Waals surface area contributed by atoms with Crippen LogP contribution >= 0.6 is 12.4 Å². The summed E-state index contributed by atoms with van der Waals surface area (Å²) >= 11 is 0. The Morgan fingerprint density at radius 1 is 1.12 bits per heavy atom. The van der Waals surface area contributed by atoms with E-state index < -0.39 is 5.97 Å². The number of rotatable bonds is 8. The maximum atomic E-state index is 11.4. The van der Waals surface area contributed by atoms with Crippen molar-refractivity contribution in [3.63, 3.8) is 0 Å². The predicted octanol–water partition coefficient (Wildman–Crippen LogP) is 4.16. The molecule has 2 atom stereocenters. The molecule has 0 saturated carbocycles. The van der Waals surface area contributed by atoms with Crippen LogP contribution < -0.4 is 9.47 Å². The summed E-state index contributed by atoms with van der Waals surface area (Å²) in [5.41, 5.74) is 3.07. The third-order valence-corrected chi connectivity index (χ3v) is 6.17. The summed E-state index contributed by atoms with van der Waals surface area (Å²) in [7, 11) is 3.31. The average Bonchev–Trinajstić information content (AvgIpc) is 3.17. The van der Waals surface area contributed by atoms with E-state index in [-0.39, 0.29) is 30.7 Å². The minimum Gasteiger partial charge on any atom is -0.497 e. The minimum absolute atomic E-state index is 0. The molecule has 0 spiro atoms. The van der Waals surface area contributed by atoms with Gasteiger partial charge >= 0.3 is 5.97 Å². The Labute approximate surface area is 194 Å². The third kappa shape index (κ3) is 5.72. The van der Waals surface area contributed by atoms with Gasteiger partial charge in [-0.1, -0.05) is 12.1 Å². The van der Waals surface area contributed by atoms with E-state index in [1.165, 1.54) is 5.56 Å². The van der Waals surface area contributed by atoms with E-state index in [4.69, 9.17) is 14.5 Å². The van der Waals surface area contributed by atoms with E-state index >= 15 is 0 Å². The first-order valence-electron chi connectivity index (χ1n) is 10.6. The largest absolute Gasteiger partial charge is 0.497 e. The number of likely N-dealkylation sites (tertiary alicyclic amines) is 1. The van der Waals surface area contributed by atoms with Crippen LogP contribution in [0.25, 0.3) is 11.0 Å². The van der Waals surface area contributed by atoms with Crippen molar-refractivity contribution < 1.29 is 19.4 Å². The molecule has 1 aliphatic heterocycles. The Kier molecular flexibility index (Phi) is 7.99. The zero-order valence-electron chi connectivity index (χ0n) is 18.4. The van der Waals surface area contributed by atoms with E-state index in [0.29, 0.717) is 0 Å². The molecule has 8 heteroatoms. The van der Waals surface area contributed by atoms with Gasteiger partial charge < -0.3 is 19.6 Å². The van der Waals surface area contributed by atoms with Crippen LogP contribution in [0.3, 0.4) is 0 Å². The zero-order chi connectivity index (χ0) is 21.8. The molecule has 172 valence electrons. The number of carbonyl (C=O) groups is 1. The van der Waals surface area contributed by atoms with Crippen molar-refractivity contribution in [1.82, 2.24) is 14.9 Å². The van der Waals surface area contributed by atoms with Crippen molar-refractivity contribution in [3.05, 3.63) is 53.9 Å².